The Balaban J connectivity index is 0.00000338. The number of carbonyl (C=O) groups is 2. The van der Waals surface area contributed by atoms with Crippen molar-refractivity contribution in [2.75, 3.05) is 17.6 Å². The average molecular weight is 396 g/mol. The van der Waals surface area contributed by atoms with Crippen LogP contribution in [0.5, 0.6) is 0 Å². The summed E-state index contributed by atoms with van der Waals surface area (Å²) >= 11 is 6.00. The van der Waals surface area contributed by atoms with Gasteiger partial charge in [0, 0.05) is 23.7 Å². The molecule has 2 amide bonds. The van der Waals surface area contributed by atoms with Crippen molar-refractivity contribution in [3.63, 3.8) is 0 Å². The Labute approximate surface area is 164 Å². The maximum Gasteiger partial charge on any atom is 0.253 e. The molecule has 2 rings (SSSR count). The molecule has 0 bridgehead atoms. The molecule has 0 aliphatic carbocycles. The number of nitrogens with two attached hydrogens (primary N) is 1. The summed E-state index contributed by atoms with van der Waals surface area (Å²) in [5.41, 5.74) is 8.28. The van der Waals surface area contributed by atoms with Crippen LogP contribution in [0.4, 0.5) is 11.4 Å². The Kier molecular flexibility index (Phi) is 8.96. The third kappa shape index (κ3) is 6.24. The van der Waals surface area contributed by atoms with E-state index >= 15 is 0 Å². The SMILES string of the molecule is CCCNC(=O)c1ccc(Cl)cc1NC(=O)CCc1ccccc1N.Cl. The molecule has 0 aromatic heterocycles. The van der Waals surface area contributed by atoms with Gasteiger partial charge < -0.3 is 16.4 Å². The zero-order chi connectivity index (χ0) is 18.2. The first-order valence-corrected chi connectivity index (χ1v) is 8.60. The van der Waals surface area contributed by atoms with E-state index in [4.69, 9.17) is 17.3 Å². The van der Waals surface area contributed by atoms with Crippen molar-refractivity contribution >= 4 is 47.2 Å². The molecule has 5 nitrogen and oxygen atoms in total. The molecular formula is C19H23Cl2N3O2. The standard InChI is InChI=1S/C19H22ClN3O2.ClH/c1-2-11-22-19(25)15-9-8-14(20)12-17(15)23-18(24)10-7-13-5-3-4-6-16(13)21;/h3-6,8-9,12H,2,7,10-11,21H2,1H3,(H,22,25)(H,23,24);1H. The van der Waals surface area contributed by atoms with Crippen molar-refractivity contribution in [3.8, 4) is 0 Å². The molecule has 2 aromatic rings. The summed E-state index contributed by atoms with van der Waals surface area (Å²) in [5, 5.41) is 6.02. The Hall–Kier alpha value is -2.24. The van der Waals surface area contributed by atoms with Crippen molar-refractivity contribution in [1.29, 1.82) is 0 Å². The van der Waals surface area contributed by atoms with Gasteiger partial charge in [0.1, 0.15) is 0 Å². The predicted molar refractivity (Wildman–Crippen MR) is 109 cm³/mol. The predicted octanol–water partition coefficient (Wildman–Crippen LogP) is 4.06. The summed E-state index contributed by atoms with van der Waals surface area (Å²) in [6.45, 7) is 2.54. The highest BCUT2D eigenvalue weighted by Crippen LogP contribution is 2.22. The van der Waals surface area contributed by atoms with Crippen molar-refractivity contribution < 1.29 is 9.59 Å². The van der Waals surface area contributed by atoms with E-state index in [2.05, 4.69) is 10.6 Å². The first-order chi connectivity index (χ1) is 12.0. The first kappa shape index (κ1) is 21.8. The summed E-state index contributed by atoms with van der Waals surface area (Å²) in [5.74, 6) is -0.434. The third-order valence-electron chi connectivity index (χ3n) is 3.71. The van der Waals surface area contributed by atoms with Crippen LogP contribution >= 0.6 is 24.0 Å². The van der Waals surface area contributed by atoms with E-state index in [1.54, 1.807) is 24.3 Å². The third-order valence-corrected chi connectivity index (χ3v) is 3.95. The van der Waals surface area contributed by atoms with Crippen molar-refractivity contribution in [1.82, 2.24) is 5.32 Å². The lowest BCUT2D eigenvalue weighted by Crippen LogP contribution is -2.26. The van der Waals surface area contributed by atoms with E-state index in [1.807, 2.05) is 25.1 Å². The molecule has 0 heterocycles. The second-order valence-electron chi connectivity index (χ2n) is 5.69. The number of hydrogen-bond acceptors (Lipinski definition) is 3. The Morgan fingerprint density at radius 1 is 1.15 bits per heavy atom. The molecule has 0 spiro atoms. The minimum absolute atomic E-state index is 0. The molecule has 140 valence electrons. The minimum Gasteiger partial charge on any atom is -0.399 e. The van der Waals surface area contributed by atoms with E-state index in [9.17, 15) is 9.59 Å². The van der Waals surface area contributed by atoms with E-state index < -0.39 is 0 Å². The van der Waals surface area contributed by atoms with E-state index in [0.717, 1.165) is 12.0 Å². The summed E-state index contributed by atoms with van der Waals surface area (Å²) in [7, 11) is 0. The van der Waals surface area contributed by atoms with E-state index in [1.165, 1.54) is 0 Å². The number of rotatable bonds is 7. The molecule has 7 heteroatoms. The van der Waals surface area contributed by atoms with Gasteiger partial charge >= 0.3 is 0 Å². The molecule has 26 heavy (non-hydrogen) atoms. The fourth-order valence-electron chi connectivity index (χ4n) is 2.37. The highest BCUT2D eigenvalue weighted by molar-refractivity contribution is 6.31. The van der Waals surface area contributed by atoms with Crippen molar-refractivity contribution in [3.05, 3.63) is 58.6 Å². The lowest BCUT2D eigenvalue weighted by atomic mass is 10.1. The van der Waals surface area contributed by atoms with Gasteiger partial charge in [-0.25, -0.2) is 0 Å². The van der Waals surface area contributed by atoms with E-state index in [-0.39, 0.29) is 30.6 Å². The molecule has 0 fully saturated rings. The second-order valence-corrected chi connectivity index (χ2v) is 6.13. The van der Waals surface area contributed by atoms with Gasteiger partial charge in [-0.15, -0.1) is 12.4 Å². The smallest absolute Gasteiger partial charge is 0.253 e. The number of hydrogen-bond donors (Lipinski definition) is 3. The van der Waals surface area contributed by atoms with Crippen LogP contribution in [-0.4, -0.2) is 18.4 Å². The number of para-hydroxylation sites is 1. The molecule has 2 aromatic carbocycles. The molecule has 0 atom stereocenters. The van der Waals surface area contributed by atoms with Crippen LogP contribution in [0, 0.1) is 0 Å². The number of aryl methyl sites for hydroxylation is 1. The van der Waals surface area contributed by atoms with Gasteiger partial charge in [0.05, 0.1) is 11.3 Å². The summed E-state index contributed by atoms with van der Waals surface area (Å²) in [4.78, 5) is 24.5. The number of nitrogens with one attached hydrogen (secondary N) is 2. The molecule has 0 aliphatic heterocycles. The first-order valence-electron chi connectivity index (χ1n) is 8.22. The highest BCUT2D eigenvalue weighted by Gasteiger charge is 2.14. The van der Waals surface area contributed by atoms with E-state index in [0.29, 0.717) is 34.9 Å². The van der Waals surface area contributed by atoms with Gasteiger partial charge in [0.25, 0.3) is 5.91 Å². The van der Waals surface area contributed by atoms with Crippen LogP contribution in [0.15, 0.2) is 42.5 Å². The molecule has 4 N–H and O–H groups in total. The average Bonchev–Trinajstić information content (AvgIpc) is 2.59. The van der Waals surface area contributed by atoms with Crippen molar-refractivity contribution in [2.24, 2.45) is 0 Å². The van der Waals surface area contributed by atoms with Crippen LogP contribution in [0.2, 0.25) is 5.02 Å². The van der Waals surface area contributed by atoms with Crippen LogP contribution in [0.3, 0.4) is 0 Å². The van der Waals surface area contributed by atoms with Crippen LogP contribution in [-0.2, 0) is 11.2 Å². The lowest BCUT2D eigenvalue weighted by molar-refractivity contribution is -0.116. The number of amides is 2. The highest BCUT2D eigenvalue weighted by atomic mass is 35.5. The van der Waals surface area contributed by atoms with Gasteiger partial charge in [-0.05, 0) is 42.7 Å². The van der Waals surface area contributed by atoms with Gasteiger partial charge in [-0.2, -0.15) is 0 Å². The maximum absolute atomic E-state index is 12.3. The molecule has 0 saturated carbocycles. The largest absolute Gasteiger partial charge is 0.399 e. The molecular weight excluding hydrogens is 373 g/mol. The van der Waals surface area contributed by atoms with Gasteiger partial charge in [-0.3, -0.25) is 9.59 Å². The molecule has 0 radical (unpaired) electrons. The molecule has 0 aliphatic rings. The van der Waals surface area contributed by atoms with Gasteiger partial charge in [-0.1, -0.05) is 36.7 Å². The second kappa shape index (κ2) is 10.7. The maximum atomic E-state index is 12.3. The number of nitrogen functional groups attached to an aromatic ring is 1. The summed E-state index contributed by atoms with van der Waals surface area (Å²) < 4.78 is 0. The van der Waals surface area contributed by atoms with Crippen molar-refractivity contribution in [2.45, 2.75) is 26.2 Å². The number of carbonyl (C=O) groups excluding carboxylic acids is 2. The lowest BCUT2D eigenvalue weighted by Gasteiger charge is -2.12. The molecule has 0 unspecified atom stereocenters. The Morgan fingerprint density at radius 2 is 1.88 bits per heavy atom. The monoisotopic (exact) mass is 395 g/mol. The van der Waals surface area contributed by atoms with Gasteiger partial charge in [0.15, 0.2) is 0 Å². The van der Waals surface area contributed by atoms with Crippen LogP contribution in [0.25, 0.3) is 0 Å². The topological polar surface area (TPSA) is 84.2 Å². The minimum atomic E-state index is -0.235. The molecule has 0 saturated heterocycles. The fraction of sp³-hybridized carbons (Fsp3) is 0.263. The Morgan fingerprint density at radius 3 is 2.58 bits per heavy atom. The van der Waals surface area contributed by atoms with Crippen LogP contribution in [0.1, 0.15) is 35.7 Å². The quantitative estimate of drug-likeness (QED) is 0.618. The number of anilines is 2. The van der Waals surface area contributed by atoms with Crippen LogP contribution < -0.4 is 16.4 Å². The summed E-state index contributed by atoms with van der Waals surface area (Å²) in [6.07, 6.45) is 1.62. The normalized spacial score (nSPS) is 9.92. The number of halogens is 2. The summed E-state index contributed by atoms with van der Waals surface area (Å²) in [6, 6.07) is 12.3. The number of benzene rings is 2. The van der Waals surface area contributed by atoms with Gasteiger partial charge in [0.2, 0.25) is 5.91 Å². The Bertz CT molecular complexity index is 766. The zero-order valence-electron chi connectivity index (χ0n) is 14.5. The fourth-order valence-corrected chi connectivity index (χ4v) is 2.55. The zero-order valence-corrected chi connectivity index (χ0v) is 16.1.